The van der Waals surface area contributed by atoms with E-state index >= 15 is 0 Å². The Hall–Kier alpha value is -0.0200. The van der Waals surface area contributed by atoms with Crippen molar-refractivity contribution in [1.29, 1.82) is 0 Å². The number of carbonyl (C=O) groups is 1. The van der Waals surface area contributed by atoms with Crippen molar-refractivity contribution in [3.05, 3.63) is 0 Å². The largest absolute Gasteiger partial charge is 0.329 e. The lowest BCUT2D eigenvalue weighted by Gasteiger charge is -2.46. The van der Waals surface area contributed by atoms with Crippen LogP contribution in [-0.4, -0.2) is 15.1 Å². The van der Waals surface area contributed by atoms with Crippen LogP contribution in [0.5, 0.6) is 0 Å². The van der Waals surface area contributed by atoms with Crippen LogP contribution in [-0.2, 0) is 4.79 Å². The molecule has 3 aliphatic carbocycles. The molecule has 3 aliphatic rings. The van der Waals surface area contributed by atoms with Crippen LogP contribution < -0.4 is 0 Å². The third-order valence-electron chi connectivity index (χ3n) is 5.08. The summed E-state index contributed by atoms with van der Waals surface area (Å²) in [5.74, 6) is 0.977. The van der Waals surface area contributed by atoms with Crippen molar-refractivity contribution in [3.63, 3.8) is 0 Å². The van der Waals surface area contributed by atoms with Crippen LogP contribution in [0.3, 0.4) is 0 Å². The van der Waals surface area contributed by atoms with Gasteiger partial charge in [0.25, 0.3) is 0 Å². The van der Waals surface area contributed by atoms with Gasteiger partial charge < -0.3 is 4.55 Å². The zero-order valence-corrected chi connectivity index (χ0v) is 8.78. The fourth-order valence-electron chi connectivity index (χ4n) is 4.30. The van der Waals surface area contributed by atoms with Gasteiger partial charge in [0, 0.05) is 23.9 Å². The zero-order valence-electron chi connectivity index (χ0n) is 7.96. The predicted octanol–water partition coefficient (Wildman–Crippen LogP) is 2.34. The molecule has 72 valence electrons. The standard InChI is InChI=1S/C10H14O2S/c1-8(2)6-3-4-10(13-12)7(11)5-9(6,8)10/h6,12H,3-5H2,1-2H3. The molecule has 0 heterocycles. The Kier molecular flexibility index (Phi) is 1.18. The lowest BCUT2D eigenvalue weighted by Crippen LogP contribution is -2.56. The molecule has 3 atom stereocenters. The molecule has 3 rings (SSSR count). The topological polar surface area (TPSA) is 37.3 Å². The number of rotatable bonds is 1. The van der Waals surface area contributed by atoms with Crippen molar-refractivity contribution >= 4 is 17.8 Å². The van der Waals surface area contributed by atoms with Gasteiger partial charge in [0.1, 0.15) is 4.75 Å². The molecule has 3 unspecified atom stereocenters. The smallest absolute Gasteiger partial charge is 0.152 e. The summed E-state index contributed by atoms with van der Waals surface area (Å²) in [6, 6.07) is 0. The molecule has 0 aliphatic heterocycles. The monoisotopic (exact) mass is 198 g/mol. The number of hydrogen-bond acceptors (Lipinski definition) is 3. The summed E-state index contributed by atoms with van der Waals surface area (Å²) in [7, 11) is 0. The summed E-state index contributed by atoms with van der Waals surface area (Å²) >= 11 is 0.831. The molecule has 0 aromatic rings. The quantitative estimate of drug-likeness (QED) is 0.657. The summed E-state index contributed by atoms with van der Waals surface area (Å²) < 4.78 is 8.95. The Labute approximate surface area is 82.3 Å². The molecule has 2 nitrogen and oxygen atoms in total. The molecule has 3 saturated carbocycles. The molecule has 3 heteroatoms. The average Bonchev–Trinajstić information content (AvgIpc) is 2.46. The molecule has 13 heavy (non-hydrogen) atoms. The van der Waals surface area contributed by atoms with Crippen LogP contribution in [0, 0.1) is 16.7 Å². The summed E-state index contributed by atoms with van der Waals surface area (Å²) in [6.07, 6.45) is 2.76. The minimum atomic E-state index is -0.388. The second-order valence-corrected chi connectivity index (χ2v) is 6.18. The van der Waals surface area contributed by atoms with Crippen LogP contribution >= 0.6 is 12.0 Å². The molecule has 3 fully saturated rings. The molecular formula is C10H14O2S. The molecule has 0 amide bonds. The van der Waals surface area contributed by atoms with Crippen LogP contribution in [0.25, 0.3) is 0 Å². The Balaban J connectivity index is 2.08. The first kappa shape index (κ1) is 8.30. The van der Waals surface area contributed by atoms with Crippen molar-refractivity contribution in [3.8, 4) is 0 Å². The van der Waals surface area contributed by atoms with E-state index in [4.69, 9.17) is 0 Å². The third-order valence-corrected chi connectivity index (χ3v) is 6.19. The highest BCUT2D eigenvalue weighted by molar-refractivity contribution is 7.96. The van der Waals surface area contributed by atoms with Crippen molar-refractivity contribution in [1.82, 2.24) is 0 Å². The summed E-state index contributed by atoms with van der Waals surface area (Å²) in [5.41, 5.74) is 0.478. The van der Waals surface area contributed by atoms with E-state index in [1.165, 1.54) is 0 Å². The summed E-state index contributed by atoms with van der Waals surface area (Å²) in [4.78, 5) is 11.6. The Morgan fingerprint density at radius 2 is 2.23 bits per heavy atom. The highest BCUT2D eigenvalue weighted by atomic mass is 32.2. The van der Waals surface area contributed by atoms with E-state index in [2.05, 4.69) is 13.8 Å². The number of Topliss-reactive ketones (excluding diaryl/α,β-unsaturated/α-hetero) is 1. The van der Waals surface area contributed by atoms with Crippen molar-refractivity contribution in [2.45, 2.75) is 37.9 Å². The van der Waals surface area contributed by atoms with Gasteiger partial charge in [0.2, 0.25) is 0 Å². The minimum Gasteiger partial charge on any atom is -0.329 e. The molecule has 0 aromatic carbocycles. The van der Waals surface area contributed by atoms with Gasteiger partial charge >= 0.3 is 0 Å². The van der Waals surface area contributed by atoms with Crippen molar-refractivity contribution in [2.75, 3.05) is 0 Å². The van der Waals surface area contributed by atoms with E-state index in [-0.39, 0.29) is 15.9 Å². The molecule has 1 N–H and O–H groups in total. The first-order valence-electron chi connectivity index (χ1n) is 4.89. The highest BCUT2D eigenvalue weighted by Gasteiger charge is 2.89. The SMILES string of the molecule is CC1(C)C2CCC3(SO)C(=O)CC231. The number of hydrogen-bond donors (Lipinski definition) is 1. The van der Waals surface area contributed by atoms with Crippen LogP contribution in [0.2, 0.25) is 0 Å². The van der Waals surface area contributed by atoms with E-state index in [1.54, 1.807) is 0 Å². The van der Waals surface area contributed by atoms with E-state index in [0.717, 1.165) is 31.3 Å². The van der Waals surface area contributed by atoms with Crippen molar-refractivity contribution in [2.24, 2.45) is 16.7 Å². The number of carbonyl (C=O) groups excluding carboxylic acids is 1. The number of ketones is 1. The van der Waals surface area contributed by atoms with Crippen LogP contribution in [0.1, 0.15) is 33.1 Å². The lowest BCUT2D eigenvalue weighted by atomic mass is 9.64. The van der Waals surface area contributed by atoms with Crippen LogP contribution in [0.4, 0.5) is 0 Å². The van der Waals surface area contributed by atoms with Gasteiger partial charge in [-0.1, -0.05) is 13.8 Å². The minimum absolute atomic E-state index is 0.177. The Morgan fingerprint density at radius 3 is 2.62 bits per heavy atom. The van der Waals surface area contributed by atoms with Crippen molar-refractivity contribution < 1.29 is 9.35 Å². The fourth-order valence-corrected chi connectivity index (χ4v) is 5.32. The maximum Gasteiger partial charge on any atom is 0.152 e. The first-order chi connectivity index (χ1) is 6.03. The molecule has 0 bridgehead atoms. The molecule has 0 aromatic heterocycles. The second kappa shape index (κ2) is 1.84. The Morgan fingerprint density at radius 1 is 1.54 bits per heavy atom. The van der Waals surface area contributed by atoms with Gasteiger partial charge in [-0.15, -0.1) is 0 Å². The van der Waals surface area contributed by atoms with Crippen LogP contribution in [0.15, 0.2) is 0 Å². The van der Waals surface area contributed by atoms with E-state index < -0.39 is 0 Å². The van der Waals surface area contributed by atoms with E-state index in [0.29, 0.717) is 11.3 Å². The molecule has 0 saturated heterocycles. The first-order valence-corrected chi connectivity index (χ1v) is 5.66. The van der Waals surface area contributed by atoms with E-state index in [9.17, 15) is 9.35 Å². The predicted molar refractivity (Wildman–Crippen MR) is 51.5 cm³/mol. The molecule has 0 radical (unpaired) electrons. The van der Waals surface area contributed by atoms with Gasteiger partial charge in [-0.05, 0) is 24.2 Å². The maximum absolute atomic E-state index is 11.6. The summed E-state index contributed by atoms with van der Waals surface area (Å²) in [6.45, 7) is 4.49. The van der Waals surface area contributed by atoms with Gasteiger partial charge in [-0.3, -0.25) is 4.79 Å². The second-order valence-electron chi connectivity index (χ2n) is 5.30. The third kappa shape index (κ3) is 0.518. The fraction of sp³-hybridized carbons (Fsp3) is 0.900. The Bertz CT molecular complexity index is 312. The lowest BCUT2D eigenvalue weighted by molar-refractivity contribution is -0.133. The van der Waals surface area contributed by atoms with E-state index in [1.807, 2.05) is 0 Å². The highest BCUT2D eigenvalue weighted by Crippen LogP contribution is 2.88. The van der Waals surface area contributed by atoms with Gasteiger partial charge in [-0.25, -0.2) is 0 Å². The zero-order chi connectivity index (χ0) is 9.48. The van der Waals surface area contributed by atoms with Gasteiger partial charge in [0.15, 0.2) is 5.78 Å². The maximum atomic E-state index is 11.6. The molecule has 1 spiro atoms. The normalized spacial score (nSPS) is 55.3. The average molecular weight is 198 g/mol. The van der Waals surface area contributed by atoms with Gasteiger partial charge in [0.05, 0.1) is 0 Å². The molecular weight excluding hydrogens is 184 g/mol. The van der Waals surface area contributed by atoms with Gasteiger partial charge in [-0.2, -0.15) is 0 Å². The summed E-state index contributed by atoms with van der Waals surface area (Å²) in [5, 5.41) is 0.